The molecule has 0 spiro atoms. The van der Waals surface area contributed by atoms with Gasteiger partial charge in [-0.05, 0) is 43.9 Å². The molecule has 136 valence electrons. The van der Waals surface area contributed by atoms with Gasteiger partial charge in [0.05, 0.1) is 6.61 Å². The van der Waals surface area contributed by atoms with E-state index >= 15 is 0 Å². The van der Waals surface area contributed by atoms with Gasteiger partial charge in [-0.1, -0.05) is 6.07 Å². The van der Waals surface area contributed by atoms with Gasteiger partial charge < -0.3 is 20.1 Å². The summed E-state index contributed by atoms with van der Waals surface area (Å²) in [6, 6.07) is 7.95. The third kappa shape index (κ3) is 9.67. The van der Waals surface area contributed by atoms with E-state index < -0.39 is 0 Å². The van der Waals surface area contributed by atoms with Gasteiger partial charge in [0.1, 0.15) is 5.75 Å². The molecule has 0 unspecified atom stereocenters. The van der Waals surface area contributed by atoms with Gasteiger partial charge in [0.2, 0.25) is 0 Å². The van der Waals surface area contributed by atoms with Gasteiger partial charge in [-0.2, -0.15) is 11.8 Å². The first-order chi connectivity index (χ1) is 11.8. The van der Waals surface area contributed by atoms with Gasteiger partial charge in [-0.15, -0.1) is 0 Å². The number of methoxy groups -OCH3 is 1. The van der Waals surface area contributed by atoms with Gasteiger partial charge in [0, 0.05) is 45.0 Å². The lowest BCUT2D eigenvalue weighted by Gasteiger charge is -2.13. The maximum Gasteiger partial charge on any atom is 0.195 e. The number of thioether (sulfide) groups is 1. The number of nitrogens with zero attached hydrogens (tertiary/aromatic N) is 1. The summed E-state index contributed by atoms with van der Waals surface area (Å²) in [5.74, 6) is 2.87. The molecule has 0 bridgehead atoms. The van der Waals surface area contributed by atoms with Crippen molar-refractivity contribution in [3.63, 3.8) is 0 Å². The molecule has 1 aromatic rings. The van der Waals surface area contributed by atoms with E-state index in [1.165, 1.54) is 12.2 Å². The molecule has 5 nitrogen and oxygen atoms in total. The van der Waals surface area contributed by atoms with Crippen LogP contribution in [0.25, 0.3) is 0 Å². The summed E-state index contributed by atoms with van der Waals surface area (Å²) in [6.45, 7) is 5.11. The smallest absolute Gasteiger partial charge is 0.195 e. The van der Waals surface area contributed by atoms with E-state index in [-0.39, 0.29) is 0 Å². The normalized spacial score (nSPS) is 11.4. The molecule has 1 rings (SSSR count). The molecule has 0 aromatic heterocycles. The van der Waals surface area contributed by atoms with Crippen LogP contribution in [0, 0.1) is 0 Å². The number of hydrogen-bond acceptors (Lipinski definition) is 4. The third-order valence-corrected chi connectivity index (χ3v) is 3.93. The second-order valence-electron chi connectivity index (χ2n) is 5.31. The number of benzene rings is 1. The zero-order chi connectivity index (χ0) is 17.5. The molecule has 0 aliphatic heterocycles. The molecule has 0 atom stereocenters. The Labute approximate surface area is 150 Å². The van der Waals surface area contributed by atoms with Gasteiger partial charge in [0.15, 0.2) is 5.96 Å². The summed E-state index contributed by atoms with van der Waals surface area (Å²) in [7, 11) is 1.70. The van der Waals surface area contributed by atoms with E-state index in [0.29, 0.717) is 13.2 Å². The van der Waals surface area contributed by atoms with E-state index in [9.17, 15) is 0 Å². The minimum atomic E-state index is 0.654. The fourth-order valence-electron chi connectivity index (χ4n) is 2.05. The van der Waals surface area contributed by atoms with Gasteiger partial charge in [-0.3, -0.25) is 4.99 Å². The first-order valence-corrected chi connectivity index (χ1v) is 9.95. The van der Waals surface area contributed by atoms with Crippen LogP contribution in [0.15, 0.2) is 29.3 Å². The first kappa shape index (κ1) is 20.6. The Bertz CT molecular complexity index is 469. The van der Waals surface area contributed by atoms with Gasteiger partial charge in [0.25, 0.3) is 0 Å². The molecule has 0 amide bonds. The minimum absolute atomic E-state index is 0.654. The minimum Gasteiger partial charge on any atom is -0.493 e. The van der Waals surface area contributed by atoms with Crippen LogP contribution < -0.4 is 15.4 Å². The number of anilines is 1. The molecule has 0 aliphatic carbocycles. The van der Waals surface area contributed by atoms with Crippen LogP contribution in [0.1, 0.15) is 26.2 Å². The molecule has 0 radical (unpaired) electrons. The zero-order valence-electron chi connectivity index (χ0n) is 15.1. The molecule has 1 aromatic carbocycles. The van der Waals surface area contributed by atoms with Crippen molar-refractivity contribution >= 4 is 23.4 Å². The number of unbranched alkanes of at least 4 members (excludes halogenated alkanes) is 1. The fraction of sp³-hybridized carbons (Fsp3) is 0.611. The van der Waals surface area contributed by atoms with Crippen LogP contribution in [-0.4, -0.2) is 51.4 Å². The number of rotatable bonds is 12. The number of nitrogens with one attached hydrogen (secondary N) is 2. The van der Waals surface area contributed by atoms with Gasteiger partial charge in [-0.25, -0.2) is 0 Å². The quantitative estimate of drug-likeness (QED) is 0.341. The zero-order valence-corrected chi connectivity index (χ0v) is 16.0. The Kier molecular flexibility index (Phi) is 12.0. The monoisotopic (exact) mass is 353 g/mol. The molecule has 0 aliphatic rings. The highest BCUT2D eigenvalue weighted by Crippen LogP contribution is 2.17. The van der Waals surface area contributed by atoms with E-state index in [4.69, 9.17) is 9.47 Å². The molecule has 0 heterocycles. The summed E-state index contributed by atoms with van der Waals surface area (Å²) >= 11 is 1.88. The van der Waals surface area contributed by atoms with E-state index in [1.54, 1.807) is 7.11 Å². The van der Waals surface area contributed by atoms with Crippen molar-refractivity contribution in [2.45, 2.75) is 26.2 Å². The van der Waals surface area contributed by atoms with Crippen LogP contribution in [0.5, 0.6) is 5.75 Å². The lowest BCUT2D eigenvalue weighted by molar-refractivity contribution is 0.172. The number of guanidine groups is 1. The Balaban J connectivity index is 2.51. The van der Waals surface area contributed by atoms with Crippen molar-refractivity contribution in [1.29, 1.82) is 0 Å². The highest BCUT2D eigenvalue weighted by Gasteiger charge is 2.01. The standard InChI is InChI=1S/C18H31N3O2S/c1-4-19-18(20-11-5-6-14-24-3)21-16-9-7-10-17(15-16)23-13-8-12-22-2/h7,9-10,15H,4-6,8,11-14H2,1-3H3,(H2,19,20,21). The number of aliphatic imine (C=N–C) groups is 1. The Hall–Kier alpha value is -1.40. The molecule has 24 heavy (non-hydrogen) atoms. The largest absolute Gasteiger partial charge is 0.493 e. The van der Waals surface area contributed by atoms with Crippen LogP contribution in [-0.2, 0) is 4.74 Å². The summed E-state index contributed by atoms with van der Waals surface area (Å²) in [5, 5.41) is 6.62. The summed E-state index contributed by atoms with van der Waals surface area (Å²) in [4.78, 5) is 4.62. The number of ether oxygens (including phenoxy) is 2. The molecular weight excluding hydrogens is 322 g/mol. The van der Waals surface area contributed by atoms with E-state index in [2.05, 4.69) is 28.8 Å². The molecule has 2 N–H and O–H groups in total. The Morgan fingerprint density at radius 2 is 2.08 bits per heavy atom. The van der Waals surface area contributed by atoms with Crippen molar-refractivity contribution in [1.82, 2.24) is 5.32 Å². The Morgan fingerprint density at radius 3 is 2.83 bits per heavy atom. The third-order valence-electron chi connectivity index (χ3n) is 3.23. The summed E-state index contributed by atoms with van der Waals surface area (Å²) in [5.41, 5.74) is 0.975. The highest BCUT2D eigenvalue weighted by atomic mass is 32.2. The first-order valence-electron chi connectivity index (χ1n) is 8.56. The molecule has 0 saturated carbocycles. The van der Waals surface area contributed by atoms with Gasteiger partial charge >= 0.3 is 0 Å². The lowest BCUT2D eigenvalue weighted by Crippen LogP contribution is -2.30. The average molecular weight is 354 g/mol. The Morgan fingerprint density at radius 1 is 1.21 bits per heavy atom. The predicted octanol–water partition coefficient (Wildman–Crippen LogP) is 3.62. The topological polar surface area (TPSA) is 54.9 Å². The van der Waals surface area contributed by atoms with E-state index in [1.807, 2.05) is 36.0 Å². The molecule has 0 fully saturated rings. The number of hydrogen-bond donors (Lipinski definition) is 2. The predicted molar refractivity (Wildman–Crippen MR) is 106 cm³/mol. The van der Waals surface area contributed by atoms with Crippen LogP contribution in [0.3, 0.4) is 0 Å². The maximum atomic E-state index is 5.73. The molecule has 6 heteroatoms. The average Bonchev–Trinajstić information content (AvgIpc) is 2.59. The molecule has 0 saturated heterocycles. The second-order valence-corrected chi connectivity index (χ2v) is 6.29. The van der Waals surface area contributed by atoms with Crippen LogP contribution in [0.4, 0.5) is 5.69 Å². The fourth-order valence-corrected chi connectivity index (χ4v) is 2.54. The molecular formula is C18H31N3O2S. The lowest BCUT2D eigenvalue weighted by atomic mass is 10.3. The summed E-state index contributed by atoms with van der Waals surface area (Å²) < 4.78 is 10.8. The SMILES string of the molecule is CCNC(=NCCCCSC)Nc1cccc(OCCCOC)c1. The van der Waals surface area contributed by atoms with Crippen molar-refractivity contribution < 1.29 is 9.47 Å². The van der Waals surface area contributed by atoms with Crippen molar-refractivity contribution in [3.05, 3.63) is 24.3 Å². The van der Waals surface area contributed by atoms with Crippen LogP contribution in [0.2, 0.25) is 0 Å². The van der Waals surface area contributed by atoms with Crippen molar-refractivity contribution in [2.24, 2.45) is 4.99 Å². The van der Waals surface area contributed by atoms with Crippen molar-refractivity contribution in [2.75, 3.05) is 50.7 Å². The second kappa shape index (κ2) is 14.0. The van der Waals surface area contributed by atoms with Crippen molar-refractivity contribution in [3.8, 4) is 5.75 Å². The van der Waals surface area contributed by atoms with Crippen LogP contribution >= 0.6 is 11.8 Å². The van der Waals surface area contributed by atoms with E-state index in [0.717, 1.165) is 43.3 Å². The highest BCUT2D eigenvalue weighted by molar-refractivity contribution is 7.98. The maximum absolute atomic E-state index is 5.73. The summed E-state index contributed by atoms with van der Waals surface area (Å²) in [6.07, 6.45) is 5.34.